The van der Waals surface area contributed by atoms with Gasteiger partial charge in [-0.05, 0) is 36.4 Å². The molecule has 0 radical (unpaired) electrons. The summed E-state index contributed by atoms with van der Waals surface area (Å²) < 4.78 is 38.9. The van der Waals surface area contributed by atoms with E-state index in [0.29, 0.717) is 11.5 Å². The Morgan fingerprint density at radius 2 is 1.69 bits per heavy atom. The number of fused-ring (bicyclic) bond motifs is 1. The van der Waals surface area contributed by atoms with E-state index in [2.05, 4.69) is 25.6 Å². The fraction of sp³-hybridized carbons (Fsp3) is 0.0500. The summed E-state index contributed by atoms with van der Waals surface area (Å²) in [5.74, 6) is -0.305. The van der Waals surface area contributed by atoms with Crippen molar-refractivity contribution in [3.8, 4) is 5.75 Å². The second kappa shape index (κ2) is 7.27. The Morgan fingerprint density at radius 3 is 2.52 bits per heavy atom. The maximum absolute atomic E-state index is 13.0. The number of para-hydroxylation sites is 1. The van der Waals surface area contributed by atoms with Gasteiger partial charge in [-0.2, -0.15) is 18.2 Å². The summed E-state index contributed by atoms with van der Waals surface area (Å²) >= 11 is 0. The molecule has 0 amide bonds. The Bertz CT molecular complexity index is 1180. The van der Waals surface area contributed by atoms with Crippen LogP contribution >= 0.6 is 0 Å². The van der Waals surface area contributed by atoms with Crippen LogP contribution in [0.4, 0.5) is 36.3 Å². The Balaban J connectivity index is 1.56. The molecule has 0 unspecified atom stereocenters. The van der Waals surface area contributed by atoms with Gasteiger partial charge in [-0.1, -0.05) is 18.2 Å². The molecule has 0 aliphatic heterocycles. The van der Waals surface area contributed by atoms with Crippen molar-refractivity contribution in [3.63, 3.8) is 0 Å². The molecule has 29 heavy (non-hydrogen) atoms. The van der Waals surface area contributed by atoms with Crippen LogP contribution in [0.2, 0.25) is 0 Å². The fourth-order valence-electron chi connectivity index (χ4n) is 2.75. The first-order valence-electron chi connectivity index (χ1n) is 8.50. The van der Waals surface area contributed by atoms with Gasteiger partial charge in [0.15, 0.2) is 0 Å². The molecule has 2 aromatic carbocycles. The van der Waals surface area contributed by atoms with E-state index in [0.717, 1.165) is 23.0 Å². The van der Waals surface area contributed by atoms with Gasteiger partial charge in [0.2, 0.25) is 5.95 Å². The van der Waals surface area contributed by atoms with Crippen LogP contribution in [-0.2, 0) is 6.18 Å². The van der Waals surface area contributed by atoms with Gasteiger partial charge in [-0.15, -0.1) is 0 Å². The Kier molecular flexibility index (Phi) is 4.63. The molecule has 0 aliphatic carbocycles. The molecule has 9 heteroatoms. The average Bonchev–Trinajstić information content (AvgIpc) is 2.69. The van der Waals surface area contributed by atoms with Crippen LogP contribution in [0.5, 0.6) is 5.75 Å². The first-order valence-corrected chi connectivity index (χ1v) is 8.50. The summed E-state index contributed by atoms with van der Waals surface area (Å²) in [7, 11) is 0. The number of hydrogen-bond donors (Lipinski definition) is 3. The highest BCUT2D eigenvalue weighted by Crippen LogP contribution is 2.37. The van der Waals surface area contributed by atoms with Crippen LogP contribution in [0.1, 0.15) is 5.56 Å². The van der Waals surface area contributed by atoms with E-state index in [1.165, 1.54) is 12.3 Å². The number of phenols is 1. The lowest BCUT2D eigenvalue weighted by Crippen LogP contribution is -2.06. The van der Waals surface area contributed by atoms with Crippen molar-refractivity contribution in [2.45, 2.75) is 6.18 Å². The van der Waals surface area contributed by atoms with E-state index in [9.17, 15) is 18.3 Å². The Morgan fingerprint density at radius 1 is 0.862 bits per heavy atom. The minimum atomic E-state index is -4.67. The summed E-state index contributed by atoms with van der Waals surface area (Å²) in [5, 5.41) is 16.2. The highest BCUT2D eigenvalue weighted by Gasteiger charge is 2.34. The molecule has 4 rings (SSSR count). The number of benzene rings is 2. The molecule has 6 nitrogen and oxygen atoms in total. The van der Waals surface area contributed by atoms with Crippen molar-refractivity contribution in [1.82, 2.24) is 15.0 Å². The molecule has 0 aliphatic rings. The molecule has 0 fully saturated rings. The summed E-state index contributed by atoms with van der Waals surface area (Å²) in [6.45, 7) is 0. The van der Waals surface area contributed by atoms with Gasteiger partial charge in [0.1, 0.15) is 11.6 Å². The normalized spacial score (nSPS) is 11.4. The molecule has 0 spiro atoms. The van der Waals surface area contributed by atoms with E-state index < -0.39 is 17.5 Å². The zero-order valence-corrected chi connectivity index (χ0v) is 14.8. The van der Waals surface area contributed by atoms with E-state index in [1.54, 1.807) is 12.3 Å². The predicted molar refractivity (Wildman–Crippen MR) is 103 cm³/mol. The first kappa shape index (κ1) is 18.5. The zero-order chi connectivity index (χ0) is 20.4. The molecule has 0 saturated heterocycles. The first-order chi connectivity index (χ1) is 13.9. The van der Waals surface area contributed by atoms with Gasteiger partial charge in [-0.3, -0.25) is 4.98 Å². The Labute approximate surface area is 163 Å². The standard InChI is InChI=1S/C20H14F3N5O/c21-20(22,23)15-10-13(5-6-17(15)29)27-19-24-8-7-18(28-19)26-14-9-12-3-1-2-4-16(12)25-11-14/h1-11,29H,(H2,24,26,27,28). The lowest BCUT2D eigenvalue weighted by Gasteiger charge is -2.12. The monoisotopic (exact) mass is 397 g/mol. The third kappa shape index (κ3) is 4.18. The highest BCUT2D eigenvalue weighted by atomic mass is 19.4. The lowest BCUT2D eigenvalue weighted by atomic mass is 10.1. The molecular formula is C20H14F3N5O. The van der Waals surface area contributed by atoms with E-state index in [1.807, 2.05) is 30.3 Å². The van der Waals surface area contributed by atoms with Gasteiger partial charge in [-0.25, -0.2) is 4.98 Å². The van der Waals surface area contributed by atoms with Crippen LogP contribution in [0.3, 0.4) is 0 Å². The summed E-state index contributed by atoms with van der Waals surface area (Å²) in [4.78, 5) is 12.6. The molecule has 0 atom stereocenters. The molecular weight excluding hydrogens is 383 g/mol. The number of aromatic hydroxyl groups is 1. The number of nitrogens with zero attached hydrogens (tertiary/aromatic N) is 3. The van der Waals surface area contributed by atoms with Crippen LogP contribution in [0, 0.1) is 0 Å². The minimum Gasteiger partial charge on any atom is -0.507 e. The summed E-state index contributed by atoms with van der Waals surface area (Å²) in [5.41, 5.74) is 0.520. The number of hydrogen-bond acceptors (Lipinski definition) is 6. The van der Waals surface area contributed by atoms with Crippen molar-refractivity contribution in [2.24, 2.45) is 0 Å². The van der Waals surface area contributed by atoms with Gasteiger partial charge in [0.25, 0.3) is 0 Å². The SMILES string of the molecule is Oc1ccc(Nc2nccc(Nc3cnc4ccccc4c3)n2)cc1C(F)(F)F. The lowest BCUT2D eigenvalue weighted by molar-refractivity contribution is -0.138. The van der Waals surface area contributed by atoms with E-state index in [4.69, 9.17) is 0 Å². The number of anilines is 4. The molecule has 146 valence electrons. The maximum Gasteiger partial charge on any atom is 0.420 e. The molecule has 2 aromatic heterocycles. The second-order valence-corrected chi connectivity index (χ2v) is 6.16. The molecule has 0 bridgehead atoms. The van der Waals surface area contributed by atoms with Gasteiger partial charge >= 0.3 is 6.18 Å². The van der Waals surface area contributed by atoms with Crippen molar-refractivity contribution < 1.29 is 18.3 Å². The smallest absolute Gasteiger partial charge is 0.420 e. The number of halogens is 3. The summed E-state index contributed by atoms with van der Waals surface area (Å²) in [6, 6.07) is 14.3. The molecule has 3 N–H and O–H groups in total. The third-order valence-electron chi connectivity index (χ3n) is 4.08. The van der Waals surface area contributed by atoms with Crippen molar-refractivity contribution in [2.75, 3.05) is 10.6 Å². The maximum atomic E-state index is 13.0. The van der Waals surface area contributed by atoms with Gasteiger partial charge in [0, 0.05) is 17.3 Å². The number of pyridine rings is 1. The number of phenolic OH excluding ortho intramolecular Hbond substituents is 1. The average molecular weight is 397 g/mol. The highest BCUT2D eigenvalue weighted by molar-refractivity contribution is 5.82. The van der Waals surface area contributed by atoms with Crippen LogP contribution in [-0.4, -0.2) is 20.1 Å². The molecule has 2 heterocycles. The fourth-order valence-corrected chi connectivity index (χ4v) is 2.75. The molecule has 4 aromatic rings. The molecule has 0 saturated carbocycles. The van der Waals surface area contributed by atoms with Crippen molar-refractivity contribution in [3.05, 3.63) is 72.6 Å². The van der Waals surface area contributed by atoms with Crippen molar-refractivity contribution >= 4 is 34.0 Å². The van der Waals surface area contributed by atoms with Crippen LogP contribution in [0.15, 0.2) is 67.0 Å². The van der Waals surface area contributed by atoms with Crippen LogP contribution < -0.4 is 10.6 Å². The van der Waals surface area contributed by atoms with Crippen LogP contribution in [0.25, 0.3) is 10.9 Å². The van der Waals surface area contributed by atoms with Gasteiger partial charge in [0.05, 0.1) is 23.0 Å². The van der Waals surface area contributed by atoms with Gasteiger partial charge < -0.3 is 15.7 Å². The quantitative estimate of drug-likeness (QED) is 0.409. The topological polar surface area (TPSA) is 83.0 Å². The third-order valence-corrected chi connectivity index (χ3v) is 4.08. The summed E-state index contributed by atoms with van der Waals surface area (Å²) in [6.07, 6.45) is -1.54. The minimum absolute atomic E-state index is 0.0969. The number of alkyl halides is 3. The largest absolute Gasteiger partial charge is 0.507 e. The number of rotatable bonds is 4. The second-order valence-electron chi connectivity index (χ2n) is 6.16. The van der Waals surface area contributed by atoms with E-state index >= 15 is 0 Å². The number of nitrogens with one attached hydrogen (secondary N) is 2. The zero-order valence-electron chi connectivity index (χ0n) is 14.8. The van der Waals surface area contributed by atoms with E-state index in [-0.39, 0.29) is 11.6 Å². The predicted octanol–water partition coefficient (Wildman–Crippen LogP) is 5.24. The Hall–Kier alpha value is -3.88. The number of aromatic nitrogens is 3. The van der Waals surface area contributed by atoms with Crippen molar-refractivity contribution in [1.29, 1.82) is 0 Å².